The van der Waals surface area contributed by atoms with E-state index in [1.54, 1.807) is 0 Å². The molecule has 0 aromatic heterocycles. The van der Waals surface area contributed by atoms with E-state index < -0.39 is 22.8 Å². The SMILES string of the molecule is O=C1NC(=O)N(c2ccc([N+](=O)[O-])cc2)C(=O)/C1=C/c1ccc(Cl)cc1Cl. The van der Waals surface area contributed by atoms with Gasteiger partial charge in [0, 0.05) is 22.2 Å². The van der Waals surface area contributed by atoms with Crippen LogP contribution in [0.4, 0.5) is 16.2 Å². The van der Waals surface area contributed by atoms with Gasteiger partial charge in [0.15, 0.2) is 0 Å². The summed E-state index contributed by atoms with van der Waals surface area (Å²) in [7, 11) is 0. The van der Waals surface area contributed by atoms with Gasteiger partial charge in [-0.3, -0.25) is 25.0 Å². The van der Waals surface area contributed by atoms with Gasteiger partial charge in [0.1, 0.15) is 5.57 Å². The molecule has 1 N–H and O–H groups in total. The first-order valence-corrected chi connectivity index (χ1v) is 8.14. The first kappa shape index (κ1) is 18.6. The molecule has 0 unspecified atom stereocenters. The molecule has 8 nitrogen and oxygen atoms in total. The average molecular weight is 406 g/mol. The van der Waals surface area contributed by atoms with Crippen LogP contribution in [-0.4, -0.2) is 22.8 Å². The molecule has 3 rings (SSSR count). The van der Waals surface area contributed by atoms with Crippen LogP contribution in [0.25, 0.3) is 6.08 Å². The molecular weight excluding hydrogens is 397 g/mol. The Balaban J connectivity index is 2.00. The van der Waals surface area contributed by atoms with Gasteiger partial charge in [-0.05, 0) is 35.9 Å². The number of nitrogens with one attached hydrogen (secondary N) is 1. The maximum atomic E-state index is 12.7. The molecule has 2 aromatic rings. The predicted molar refractivity (Wildman–Crippen MR) is 98.6 cm³/mol. The summed E-state index contributed by atoms with van der Waals surface area (Å²) in [5, 5.41) is 13.4. The van der Waals surface area contributed by atoms with E-state index in [0.29, 0.717) is 15.5 Å². The van der Waals surface area contributed by atoms with Gasteiger partial charge in [0.05, 0.1) is 10.6 Å². The van der Waals surface area contributed by atoms with Crippen LogP contribution < -0.4 is 10.2 Å². The standard InChI is InChI=1S/C17H9Cl2N3O5/c18-10-2-1-9(14(19)8-10)7-13-15(23)20-17(25)21(16(13)24)11-3-5-12(6-4-11)22(26)27/h1-8H,(H,20,23,25)/b13-7+. The van der Waals surface area contributed by atoms with Crippen molar-refractivity contribution in [2.75, 3.05) is 4.90 Å². The Morgan fingerprint density at radius 3 is 2.30 bits per heavy atom. The number of non-ortho nitro benzene ring substituents is 1. The summed E-state index contributed by atoms with van der Waals surface area (Å²) in [5.74, 6) is -1.77. The molecule has 0 bridgehead atoms. The number of carbonyl (C=O) groups excluding carboxylic acids is 3. The topological polar surface area (TPSA) is 110 Å². The van der Waals surface area contributed by atoms with Crippen molar-refractivity contribution >= 4 is 58.5 Å². The molecule has 0 saturated carbocycles. The molecule has 0 aliphatic carbocycles. The van der Waals surface area contributed by atoms with Crippen LogP contribution in [0.2, 0.25) is 10.0 Å². The first-order chi connectivity index (χ1) is 12.8. The molecule has 1 aliphatic rings. The lowest BCUT2D eigenvalue weighted by molar-refractivity contribution is -0.384. The van der Waals surface area contributed by atoms with Crippen molar-refractivity contribution in [3.63, 3.8) is 0 Å². The average Bonchev–Trinajstić information content (AvgIpc) is 2.60. The van der Waals surface area contributed by atoms with Crippen LogP contribution in [0.5, 0.6) is 0 Å². The molecule has 1 fully saturated rings. The number of hydrogen-bond acceptors (Lipinski definition) is 5. The maximum Gasteiger partial charge on any atom is 0.335 e. The minimum absolute atomic E-state index is 0.0729. The number of anilines is 1. The zero-order valence-corrected chi connectivity index (χ0v) is 14.8. The Morgan fingerprint density at radius 1 is 1.04 bits per heavy atom. The quantitative estimate of drug-likeness (QED) is 0.363. The molecule has 1 saturated heterocycles. The second kappa shape index (κ2) is 7.18. The number of rotatable bonds is 3. The molecule has 0 atom stereocenters. The minimum atomic E-state index is -0.960. The fourth-order valence-corrected chi connectivity index (χ4v) is 2.85. The number of nitro benzene ring substituents is 1. The smallest absolute Gasteiger partial charge is 0.273 e. The molecule has 1 aliphatic heterocycles. The number of nitro groups is 1. The van der Waals surface area contributed by atoms with Gasteiger partial charge < -0.3 is 0 Å². The zero-order valence-electron chi connectivity index (χ0n) is 13.3. The number of benzene rings is 2. The van der Waals surface area contributed by atoms with E-state index in [0.717, 1.165) is 12.1 Å². The molecule has 2 aromatic carbocycles. The van der Waals surface area contributed by atoms with E-state index in [9.17, 15) is 24.5 Å². The molecule has 136 valence electrons. The van der Waals surface area contributed by atoms with Gasteiger partial charge in [-0.2, -0.15) is 0 Å². The molecular formula is C17H9Cl2N3O5. The number of halogens is 2. The highest BCUT2D eigenvalue weighted by atomic mass is 35.5. The molecule has 0 radical (unpaired) electrons. The van der Waals surface area contributed by atoms with E-state index in [2.05, 4.69) is 5.32 Å². The van der Waals surface area contributed by atoms with Crippen molar-refractivity contribution in [3.05, 3.63) is 73.8 Å². The number of urea groups is 1. The molecule has 4 amide bonds. The van der Waals surface area contributed by atoms with Gasteiger partial charge in [0.25, 0.3) is 17.5 Å². The highest BCUT2D eigenvalue weighted by molar-refractivity contribution is 6.40. The van der Waals surface area contributed by atoms with E-state index >= 15 is 0 Å². The third-order valence-electron chi connectivity index (χ3n) is 3.68. The Morgan fingerprint density at radius 2 is 1.70 bits per heavy atom. The summed E-state index contributed by atoms with van der Waals surface area (Å²) in [6, 6.07) is 8.29. The van der Waals surface area contributed by atoms with Crippen molar-refractivity contribution in [1.29, 1.82) is 0 Å². The Hall–Kier alpha value is -3.23. The van der Waals surface area contributed by atoms with Crippen molar-refractivity contribution < 1.29 is 19.3 Å². The van der Waals surface area contributed by atoms with Crippen LogP contribution in [0.1, 0.15) is 5.56 Å². The molecule has 0 spiro atoms. The molecule has 10 heteroatoms. The van der Waals surface area contributed by atoms with Crippen molar-refractivity contribution in [2.45, 2.75) is 0 Å². The largest absolute Gasteiger partial charge is 0.335 e. The number of barbiturate groups is 1. The normalized spacial score (nSPS) is 15.9. The van der Waals surface area contributed by atoms with Crippen LogP contribution in [0.3, 0.4) is 0 Å². The highest BCUT2D eigenvalue weighted by Gasteiger charge is 2.37. The fourth-order valence-electron chi connectivity index (χ4n) is 2.39. The summed E-state index contributed by atoms with van der Waals surface area (Å²) in [6.07, 6.45) is 1.24. The number of amides is 4. The zero-order chi connectivity index (χ0) is 19.7. The third kappa shape index (κ3) is 3.67. The van der Waals surface area contributed by atoms with Crippen molar-refractivity contribution in [2.24, 2.45) is 0 Å². The summed E-state index contributed by atoms with van der Waals surface area (Å²) >= 11 is 11.9. The Labute approximate surface area is 162 Å². The van der Waals surface area contributed by atoms with Crippen LogP contribution in [0, 0.1) is 10.1 Å². The number of carbonyl (C=O) groups is 3. The van der Waals surface area contributed by atoms with Crippen LogP contribution in [-0.2, 0) is 9.59 Å². The minimum Gasteiger partial charge on any atom is -0.273 e. The third-order valence-corrected chi connectivity index (χ3v) is 4.25. The lowest BCUT2D eigenvalue weighted by atomic mass is 10.1. The molecule has 27 heavy (non-hydrogen) atoms. The predicted octanol–water partition coefficient (Wildman–Crippen LogP) is 3.57. The van der Waals surface area contributed by atoms with E-state index in [4.69, 9.17) is 23.2 Å². The second-order valence-electron chi connectivity index (χ2n) is 5.40. The second-order valence-corrected chi connectivity index (χ2v) is 6.24. The van der Waals surface area contributed by atoms with Crippen molar-refractivity contribution in [1.82, 2.24) is 5.32 Å². The lowest BCUT2D eigenvalue weighted by Gasteiger charge is -2.26. The van der Waals surface area contributed by atoms with Gasteiger partial charge in [-0.1, -0.05) is 29.3 Å². The van der Waals surface area contributed by atoms with Gasteiger partial charge in [-0.25, -0.2) is 9.69 Å². The highest BCUT2D eigenvalue weighted by Crippen LogP contribution is 2.27. The monoisotopic (exact) mass is 405 g/mol. The molecule has 1 heterocycles. The van der Waals surface area contributed by atoms with Gasteiger partial charge >= 0.3 is 6.03 Å². The first-order valence-electron chi connectivity index (χ1n) is 7.39. The van der Waals surface area contributed by atoms with Gasteiger partial charge in [-0.15, -0.1) is 0 Å². The van der Waals surface area contributed by atoms with Crippen LogP contribution in [0.15, 0.2) is 48.0 Å². The number of nitrogens with zero attached hydrogens (tertiary/aromatic N) is 2. The lowest BCUT2D eigenvalue weighted by Crippen LogP contribution is -2.54. The van der Waals surface area contributed by atoms with E-state index in [1.807, 2.05) is 0 Å². The van der Waals surface area contributed by atoms with Gasteiger partial charge in [0.2, 0.25) is 0 Å². The summed E-state index contributed by atoms with van der Waals surface area (Å²) in [6.45, 7) is 0. The summed E-state index contributed by atoms with van der Waals surface area (Å²) in [5.41, 5.74) is -0.0955. The number of imide groups is 2. The summed E-state index contributed by atoms with van der Waals surface area (Å²) in [4.78, 5) is 47.8. The van der Waals surface area contributed by atoms with Crippen molar-refractivity contribution in [3.8, 4) is 0 Å². The summed E-state index contributed by atoms with van der Waals surface area (Å²) < 4.78 is 0. The Bertz CT molecular complexity index is 1020. The number of hydrogen-bond donors (Lipinski definition) is 1. The maximum absolute atomic E-state index is 12.7. The Kier molecular flexibility index (Phi) is 4.93. The van der Waals surface area contributed by atoms with Crippen LogP contribution >= 0.6 is 23.2 Å². The van der Waals surface area contributed by atoms with E-state index in [1.165, 1.54) is 36.4 Å². The van der Waals surface area contributed by atoms with E-state index in [-0.39, 0.29) is 22.0 Å². The fraction of sp³-hybridized carbons (Fsp3) is 0.